The van der Waals surface area contributed by atoms with Crippen LogP contribution in [0.5, 0.6) is 5.88 Å². The van der Waals surface area contributed by atoms with Gasteiger partial charge in [-0.05, 0) is 42.7 Å². The average Bonchev–Trinajstić information content (AvgIpc) is 2.62. The standard InChI is InChI=1S/C23H37N3O4/c1-15(27)26-19(14-29-5)20(28)13-24-18-11-23(7-6-8-23)30-21-17(18)9-16(12-25-21)10-22(2,3)4/h9,12,18-20,24,28H,6-8,10-11,13-14H2,1-5H3,(H,26,27)/t18-,19-,20+/m0/s1. The highest BCUT2D eigenvalue weighted by Gasteiger charge is 2.46. The molecule has 0 unspecified atom stereocenters. The van der Waals surface area contributed by atoms with Gasteiger partial charge in [-0.2, -0.15) is 0 Å². The predicted octanol–water partition coefficient (Wildman–Crippen LogP) is 2.52. The second-order valence-electron chi connectivity index (χ2n) is 10.1. The molecule has 168 valence electrons. The first-order valence-corrected chi connectivity index (χ1v) is 11.0. The molecular weight excluding hydrogens is 382 g/mol. The molecule has 0 radical (unpaired) electrons. The van der Waals surface area contributed by atoms with Crippen LogP contribution in [0.15, 0.2) is 12.3 Å². The minimum atomic E-state index is -0.761. The number of fused-ring (bicyclic) bond motifs is 1. The Morgan fingerprint density at radius 1 is 1.43 bits per heavy atom. The first-order chi connectivity index (χ1) is 14.1. The Balaban J connectivity index is 1.76. The summed E-state index contributed by atoms with van der Waals surface area (Å²) in [6.45, 7) is 8.70. The highest BCUT2D eigenvalue weighted by atomic mass is 16.5. The summed E-state index contributed by atoms with van der Waals surface area (Å²) in [6, 6.07) is 1.79. The van der Waals surface area contributed by atoms with E-state index in [0.29, 0.717) is 12.4 Å². The van der Waals surface area contributed by atoms with Gasteiger partial charge in [0.15, 0.2) is 0 Å². The summed E-state index contributed by atoms with van der Waals surface area (Å²) < 4.78 is 11.5. The van der Waals surface area contributed by atoms with Gasteiger partial charge in [-0.1, -0.05) is 20.8 Å². The molecule has 3 N–H and O–H groups in total. The average molecular weight is 420 g/mol. The van der Waals surface area contributed by atoms with Gasteiger partial charge in [0.25, 0.3) is 0 Å². The Morgan fingerprint density at radius 3 is 2.73 bits per heavy atom. The zero-order valence-corrected chi connectivity index (χ0v) is 19.0. The Labute approximate surface area is 179 Å². The van der Waals surface area contributed by atoms with Crippen molar-refractivity contribution in [2.75, 3.05) is 20.3 Å². The molecule has 3 rings (SSSR count). The molecule has 7 heteroatoms. The van der Waals surface area contributed by atoms with E-state index in [0.717, 1.165) is 31.2 Å². The Hall–Kier alpha value is -1.70. The number of carbonyl (C=O) groups is 1. The number of hydrogen-bond acceptors (Lipinski definition) is 6. The summed E-state index contributed by atoms with van der Waals surface area (Å²) in [7, 11) is 1.56. The third-order valence-corrected chi connectivity index (χ3v) is 5.97. The third-order valence-electron chi connectivity index (χ3n) is 5.97. The maximum atomic E-state index is 11.5. The number of hydrogen-bond donors (Lipinski definition) is 3. The van der Waals surface area contributed by atoms with Crippen molar-refractivity contribution in [1.82, 2.24) is 15.6 Å². The fourth-order valence-corrected chi connectivity index (χ4v) is 4.44. The molecule has 2 aliphatic rings. The van der Waals surface area contributed by atoms with Gasteiger partial charge < -0.3 is 25.2 Å². The number of aromatic nitrogens is 1. The van der Waals surface area contributed by atoms with E-state index >= 15 is 0 Å². The summed E-state index contributed by atoms with van der Waals surface area (Å²) in [5, 5.41) is 17.0. The number of aliphatic hydroxyl groups excluding tert-OH is 1. The number of ether oxygens (including phenoxy) is 2. The second-order valence-corrected chi connectivity index (χ2v) is 10.1. The van der Waals surface area contributed by atoms with Gasteiger partial charge in [-0.15, -0.1) is 0 Å². The van der Waals surface area contributed by atoms with Crippen LogP contribution >= 0.6 is 0 Å². The molecule has 1 saturated carbocycles. The summed E-state index contributed by atoms with van der Waals surface area (Å²) >= 11 is 0. The molecule has 2 heterocycles. The van der Waals surface area contributed by atoms with E-state index in [1.165, 1.54) is 18.9 Å². The molecule has 3 atom stereocenters. The number of amides is 1. The molecule has 1 fully saturated rings. The fourth-order valence-electron chi connectivity index (χ4n) is 4.44. The van der Waals surface area contributed by atoms with E-state index in [4.69, 9.17) is 9.47 Å². The lowest BCUT2D eigenvalue weighted by Gasteiger charge is -2.47. The molecule has 1 aliphatic heterocycles. The van der Waals surface area contributed by atoms with Crippen LogP contribution in [0.25, 0.3) is 0 Å². The van der Waals surface area contributed by atoms with Gasteiger partial charge >= 0.3 is 0 Å². The van der Waals surface area contributed by atoms with E-state index < -0.39 is 12.1 Å². The lowest BCUT2D eigenvalue weighted by atomic mass is 9.73. The van der Waals surface area contributed by atoms with Crippen LogP contribution in [-0.4, -0.2) is 54.0 Å². The number of nitrogens with one attached hydrogen (secondary N) is 2. The molecule has 30 heavy (non-hydrogen) atoms. The van der Waals surface area contributed by atoms with Crippen molar-refractivity contribution in [3.8, 4) is 5.88 Å². The maximum Gasteiger partial charge on any atom is 0.218 e. The Bertz CT molecular complexity index is 742. The zero-order valence-electron chi connectivity index (χ0n) is 19.0. The monoisotopic (exact) mass is 419 g/mol. The molecule has 0 bridgehead atoms. The molecule has 1 spiro atoms. The van der Waals surface area contributed by atoms with Crippen molar-refractivity contribution >= 4 is 5.91 Å². The number of rotatable bonds is 8. The molecule has 1 aliphatic carbocycles. The van der Waals surface area contributed by atoms with Crippen LogP contribution in [-0.2, 0) is 16.0 Å². The molecule has 1 amide bonds. The van der Waals surface area contributed by atoms with Crippen molar-refractivity contribution in [2.24, 2.45) is 5.41 Å². The topological polar surface area (TPSA) is 92.7 Å². The summed E-state index contributed by atoms with van der Waals surface area (Å²) in [6.07, 6.45) is 6.22. The van der Waals surface area contributed by atoms with Gasteiger partial charge in [0.2, 0.25) is 11.8 Å². The van der Waals surface area contributed by atoms with E-state index in [-0.39, 0.29) is 29.6 Å². The SMILES string of the molecule is COC[C@H](NC(C)=O)[C@H](O)CN[C@H]1CC2(CCC2)Oc2ncc(CC(C)(C)C)cc21. The van der Waals surface area contributed by atoms with Crippen molar-refractivity contribution in [3.63, 3.8) is 0 Å². The lowest BCUT2D eigenvalue weighted by Crippen LogP contribution is -2.52. The smallest absolute Gasteiger partial charge is 0.218 e. The minimum Gasteiger partial charge on any atom is -0.471 e. The number of pyridine rings is 1. The summed E-state index contributed by atoms with van der Waals surface area (Å²) in [5.74, 6) is 0.526. The molecule has 7 nitrogen and oxygen atoms in total. The first-order valence-electron chi connectivity index (χ1n) is 11.0. The third kappa shape index (κ3) is 5.71. The zero-order chi connectivity index (χ0) is 21.9. The second kappa shape index (κ2) is 9.20. The van der Waals surface area contributed by atoms with Crippen molar-refractivity contribution in [1.29, 1.82) is 0 Å². The predicted molar refractivity (Wildman–Crippen MR) is 115 cm³/mol. The van der Waals surface area contributed by atoms with Crippen LogP contribution in [0.1, 0.15) is 70.5 Å². The van der Waals surface area contributed by atoms with E-state index in [1.54, 1.807) is 7.11 Å². The van der Waals surface area contributed by atoms with Crippen LogP contribution < -0.4 is 15.4 Å². The van der Waals surface area contributed by atoms with Crippen LogP contribution in [0.3, 0.4) is 0 Å². The maximum absolute atomic E-state index is 11.5. The van der Waals surface area contributed by atoms with Crippen molar-refractivity contribution in [2.45, 2.75) is 83.6 Å². The van der Waals surface area contributed by atoms with Crippen molar-refractivity contribution < 1.29 is 19.4 Å². The number of aliphatic hydroxyl groups is 1. The fraction of sp³-hybridized carbons (Fsp3) is 0.739. The van der Waals surface area contributed by atoms with Gasteiger partial charge in [-0.25, -0.2) is 4.98 Å². The number of carbonyl (C=O) groups excluding carboxylic acids is 1. The molecular formula is C23H37N3O4. The van der Waals surface area contributed by atoms with Gasteiger partial charge in [-0.3, -0.25) is 4.79 Å². The molecule has 0 saturated heterocycles. The van der Waals surface area contributed by atoms with Crippen LogP contribution in [0, 0.1) is 5.41 Å². The molecule has 1 aromatic rings. The number of nitrogens with zero attached hydrogens (tertiary/aromatic N) is 1. The number of methoxy groups -OCH3 is 1. The first kappa shape index (κ1) is 23.0. The molecule has 1 aromatic heterocycles. The summed E-state index contributed by atoms with van der Waals surface area (Å²) in [5.41, 5.74) is 2.28. The van der Waals surface area contributed by atoms with Crippen LogP contribution in [0.2, 0.25) is 0 Å². The van der Waals surface area contributed by atoms with Gasteiger partial charge in [0, 0.05) is 44.8 Å². The van der Waals surface area contributed by atoms with Gasteiger partial charge in [0.05, 0.1) is 18.8 Å². The minimum absolute atomic E-state index is 0.0524. The summed E-state index contributed by atoms with van der Waals surface area (Å²) in [4.78, 5) is 16.1. The van der Waals surface area contributed by atoms with E-state index in [9.17, 15) is 9.90 Å². The normalized spacial score (nSPS) is 21.9. The van der Waals surface area contributed by atoms with Crippen LogP contribution in [0.4, 0.5) is 0 Å². The van der Waals surface area contributed by atoms with E-state index in [1.807, 2.05) is 6.20 Å². The lowest BCUT2D eigenvalue weighted by molar-refractivity contribution is -0.121. The Morgan fingerprint density at radius 2 is 2.17 bits per heavy atom. The van der Waals surface area contributed by atoms with Crippen molar-refractivity contribution in [3.05, 3.63) is 23.4 Å². The highest BCUT2D eigenvalue weighted by Crippen LogP contribution is 2.48. The largest absolute Gasteiger partial charge is 0.471 e. The van der Waals surface area contributed by atoms with E-state index in [2.05, 4.69) is 42.5 Å². The van der Waals surface area contributed by atoms with Gasteiger partial charge in [0.1, 0.15) is 5.60 Å². The highest BCUT2D eigenvalue weighted by molar-refractivity contribution is 5.73. The Kier molecular flexibility index (Phi) is 7.05. The molecule has 0 aromatic carbocycles. The quantitative estimate of drug-likeness (QED) is 0.600.